The Labute approximate surface area is 141 Å². The fourth-order valence-electron chi connectivity index (χ4n) is 1.92. The van der Waals surface area contributed by atoms with Crippen molar-refractivity contribution in [2.45, 2.75) is 17.9 Å². The molecular weight excluding hydrogens is 340 g/mol. The summed E-state index contributed by atoms with van der Waals surface area (Å²) in [6.07, 6.45) is 1.67. The molecule has 23 heavy (non-hydrogen) atoms. The predicted octanol–water partition coefficient (Wildman–Crippen LogP) is 1.75. The molecule has 2 rings (SSSR count). The van der Waals surface area contributed by atoms with Crippen molar-refractivity contribution in [3.63, 3.8) is 0 Å². The molecule has 0 aliphatic heterocycles. The second-order valence-corrected chi connectivity index (χ2v) is 6.86. The summed E-state index contributed by atoms with van der Waals surface area (Å²) >= 11 is 0. The molecule has 1 aromatic carbocycles. The minimum Gasteiger partial charge on any atom is -0.467 e. The summed E-state index contributed by atoms with van der Waals surface area (Å²) in [5.74, 6) is 0.203. The second kappa shape index (κ2) is 8.71. The maximum absolute atomic E-state index is 12.0. The van der Waals surface area contributed by atoms with Crippen molar-refractivity contribution < 1.29 is 17.6 Å². The van der Waals surface area contributed by atoms with Gasteiger partial charge in [-0.2, -0.15) is 0 Å². The minimum absolute atomic E-state index is 0. The van der Waals surface area contributed by atoms with Gasteiger partial charge in [-0.3, -0.25) is 4.79 Å². The fraction of sp³-hybridized carbons (Fsp3) is 0.267. The first-order chi connectivity index (χ1) is 10.5. The number of nitrogens with one attached hydrogen (secondary N) is 1. The van der Waals surface area contributed by atoms with Gasteiger partial charge in [-0.05, 0) is 24.6 Å². The van der Waals surface area contributed by atoms with Crippen molar-refractivity contribution >= 4 is 28.2 Å². The van der Waals surface area contributed by atoms with E-state index in [0.29, 0.717) is 22.6 Å². The molecule has 1 aromatic heterocycles. The fourth-order valence-corrected chi connectivity index (χ4v) is 3.25. The lowest BCUT2D eigenvalue weighted by Gasteiger charge is -2.05. The van der Waals surface area contributed by atoms with Crippen molar-refractivity contribution in [2.24, 2.45) is 5.73 Å². The predicted molar refractivity (Wildman–Crippen MR) is 89.3 cm³/mol. The summed E-state index contributed by atoms with van der Waals surface area (Å²) in [5.41, 5.74) is 5.78. The van der Waals surface area contributed by atoms with Crippen molar-refractivity contribution in [3.8, 4) is 0 Å². The molecule has 0 fully saturated rings. The van der Waals surface area contributed by atoms with Gasteiger partial charge >= 0.3 is 0 Å². The number of hydrogen-bond donors (Lipinski definition) is 2. The van der Waals surface area contributed by atoms with Crippen molar-refractivity contribution in [1.29, 1.82) is 0 Å². The standard InChI is InChI=1S/C15H18N2O4S.ClH/c16-10-13-9-12(11-21-13)15(18)17-7-4-8-22(19,20)14-5-2-1-3-6-14;/h1-3,5-6,9,11H,4,7-8,10,16H2,(H,17,18);1H. The molecule has 0 atom stereocenters. The summed E-state index contributed by atoms with van der Waals surface area (Å²) in [4.78, 5) is 12.1. The smallest absolute Gasteiger partial charge is 0.254 e. The number of benzene rings is 1. The molecule has 0 saturated heterocycles. The van der Waals surface area contributed by atoms with E-state index in [-0.39, 0.29) is 37.2 Å². The Morgan fingerprint density at radius 2 is 1.91 bits per heavy atom. The maximum Gasteiger partial charge on any atom is 0.254 e. The molecule has 8 heteroatoms. The average Bonchev–Trinajstić information content (AvgIpc) is 3.01. The molecule has 1 amide bonds. The Morgan fingerprint density at radius 3 is 2.52 bits per heavy atom. The number of rotatable bonds is 7. The van der Waals surface area contributed by atoms with E-state index < -0.39 is 9.84 Å². The molecule has 3 N–H and O–H groups in total. The summed E-state index contributed by atoms with van der Waals surface area (Å²) in [7, 11) is -3.31. The van der Waals surface area contributed by atoms with Gasteiger partial charge in [0, 0.05) is 6.54 Å². The van der Waals surface area contributed by atoms with Crippen LogP contribution in [0.3, 0.4) is 0 Å². The molecule has 0 aliphatic carbocycles. The van der Waals surface area contributed by atoms with Gasteiger partial charge in [0.15, 0.2) is 9.84 Å². The molecule has 0 radical (unpaired) electrons. The van der Waals surface area contributed by atoms with Gasteiger partial charge in [0.05, 0.1) is 22.8 Å². The number of hydrogen-bond acceptors (Lipinski definition) is 5. The molecule has 0 spiro atoms. The lowest BCUT2D eigenvalue weighted by atomic mass is 10.3. The monoisotopic (exact) mass is 358 g/mol. The highest BCUT2D eigenvalue weighted by Gasteiger charge is 2.14. The van der Waals surface area contributed by atoms with Gasteiger partial charge in [0.25, 0.3) is 5.91 Å². The first-order valence-electron chi connectivity index (χ1n) is 6.86. The number of amides is 1. The van der Waals surface area contributed by atoms with Crippen LogP contribution >= 0.6 is 12.4 Å². The number of sulfone groups is 1. The van der Waals surface area contributed by atoms with E-state index in [1.54, 1.807) is 36.4 Å². The molecule has 0 unspecified atom stereocenters. The number of halogens is 1. The molecule has 126 valence electrons. The van der Waals surface area contributed by atoms with Gasteiger partial charge < -0.3 is 15.5 Å². The van der Waals surface area contributed by atoms with Crippen molar-refractivity contribution in [2.75, 3.05) is 12.3 Å². The lowest BCUT2D eigenvalue weighted by molar-refractivity contribution is 0.0953. The van der Waals surface area contributed by atoms with Crippen LogP contribution in [0.4, 0.5) is 0 Å². The van der Waals surface area contributed by atoms with Crippen LogP contribution in [0.25, 0.3) is 0 Å². The third-order valence-corrected chi connectivity index (χ3v) is 4.91. The van der Waals surface area contributed by atoms with Crippen LogP contribution in [0, 0.1) is 0 Å². The van der Waals surface area contributed by atoms with Crippen LogP contribution in [0.2, 0.25) is 0 Å². The summed E-state index contributed by atoms with van der Waals surface area (Å²) < 4.78 is 29.2. The Kier molecular flexibility index (Phi) is 7.28. The number of carbonyl (C=O) groups excluding carboxylic acids is 1. The number of carbonyl (C=O) groups is 1. The third kappa shape index (κ3) is 5.38. The first kappa shape index (κ1) is 19.2. The molecule has 2 aromatic rings. The topological polar surface area (TPSA) is 102 Å². The zero-order valence-corrected chi connectivity index (χ0v) is 14.0. The summed E-state index contributed by atoms with van der Waals surface area (Å²) in [6.45, 7) is 0.497. The first-order valence-corrected chi connectivity index (χ1v) is 8.51. The summed E-state index contributed by atoms with van der Waals surface area (Å²) in [6, 6.07) is 9.82. The highest BCUT2D eigenvalue weighted by atomic mass is 35.5. The zero-order valence-electron chi connectivity index (χ0n) is 12.4. The highest BCUT2D eigenvalue weighted by Crippen LogP contribution is 2.11. The molecule has 0 aliphatic rings. The van der Waals surface area contributed by atoms with E-state index in [1.807, 2.05) is 0 Å². The molecule has 0 saturated carbocycles. The Hall–Kier alpha value is -1.83. The van der Waals surface area contributed by atoms with Crippen molar-refractivity contribution in [3.05, 3.63) is 54.0 Å². The van der Waals surface area contributed by atoms with E-state index in [2.05, 4.69) is 5.32 Å². The van der Waals surface area contributed by atoms with Gasteiger partial charge in [0.2, 0.25) is 0 Å². The largest absolute Gasteiger partial charge is 0.467 e. The van der Waals surface area contributed by atoms with E-state index in [1.165, 1.54) is 6.26 Å². The zero-order chi connectivity index (χ0) is 16.0. The van der Waals surface area contributed by atoms with Crippen LogP contribution in [-0.4, -0.2) is 26.6 Å². The number of nitrogens with two attached hydrogens (primary N) is 1. The van der Waals surface area contributed by atoms with Crippen LogP contribution in [0.15, 0.2) is 52.0 Å². The van der Waals surface area contributed by atoms with Gasteiger partial charge in [0.1, 0.15) is 12.0 Å². The number of furan rings is 1. The quantitative estimate of drug-likeness (QED) is 0.734. The molecular formula is C15H19ClN2O4S. The Morgan fingerprint density at radius 1 is 1.22 bits per heavy atom. The summed E-state index contributed by atoms with van der Waals surface area (Å²) in [5, 5.41) is 2.66. The van der Waals surface area contributed by atoms with E-state index in [9.17, 15) is 13.2 Å². The van der Waals surface area contributed by atoms with Crippen LogP contribution in [0.5, 0.6) is 0 Å². The minimum atomic E-state index is -3.31. The lowest BCUT2D eigenvalue weighted by Crippen LogP contribution is -2.25. The Bertz CT molecular complexity index is 729. The average molecular weight is 359 g/mol. The van der Waals surface area contributed by atoms with Crippen LogP contribution in [-0.2, 0) is 16.4 Å². The normalized spacial score (nSPS) is 10.8. The van der Waals surface area contributed by atoms with E-state index >= 15 is 0 Å². The van der Waals surface area contributed by atoms with E-state index in [0.717, 1.165) is 0 Å². The van der Waals surface area contributed by atoms with Crippen molar-refractivity contribution in [1.82, 2.24) is 5.32 Å². The maximum atomic E-state index is 12.0. The Balaban J connectivity index is 0.00000264. The molecule has 1 heterocycles. The SMILES string of the molecule is Cl.NCc1cc(C(=O)NCCCS(=O)(=O)c2ccccc2)co1. The van der Waals surface area contributed by atoms with E-state index in [4.69, 9.17) is 10.2 Å². The highest BCUT2D eigenvalue weighted by molar-refractivity contribution is 7.91. The van der Waals surface area contributed by atoms with Gasteiger partial charge in [-0.15, -0.1) is 12.4 Å². The molecule has 0 bridgehead atoms. The van der Waals surface area contributed by atoms with Gasteiger partial charge in [-0.25, -0.2) is 8.42 Å². The van der Waals surface area contributed by atoms with Crippen LogP contribution < -0.4 is 11.1 Å². The van der Waals surface area contributed by atoms with Crippen LogP contribution in [0.1, 0.15) is 22.5 Å². The third-order valence-electron chi connectivity index (χ3n) is 3.09. The second-order valence-electron chi connectivity index (χ2n) is 4.75. The molecule has 6 nitrogen and oxygen atoms in total. The van der Waals surface area contributed by atoms with Gasteiger partial charge in [-0.1, -0.05) is 18.2 Å².